The molecule has 0 spiro atoms. The third-order valence-corrected chi connectivity index (χ3v) is 4.35. The molecule has 0 aromatic carbocycles. The lowest BCUT2D eigenvalue weighted by molar-refractivity contribution is 0.523. The summed E-state index contributed by atoms with van der Waals surface area (Å²) in [5.74, 6) is 0. The van der Waals surface area contributed by atoms with Crippen LogP contribution in [-0.2, 0) is 5.41 Å². The average Bonchev–Trinajstić information content (AvgIpc) is 2.36. The molecule has 68 valence electrons. The summed E-state index contributed by atoms with van der Waals surface area (Å²) in [6.07, 6.45) is 1.18. The first-order valence-corrected chi connectivity index (χ1v) is 6.61. The van der Waals surface area contributed by atoms with Crippen LogP contribution in [0, 0.1) is 0 Å². The van der Waals surface area contributed by atoms with Gasteiger partial charge in [0.25, 0.3) is 0 Å². The van der Waals surface area contributed by atoms with Gasteiger partial charge in [-0.1, -0.05) is 29.8 Å². The molecule has 1 aromatic heterocycles. The van der Waals surface area contributed by atoms with Crippen LogP contribution in [0.3, 0.4) is 0 Å². The molecule has 3 heteroatoms. The van der Waals surface area contributed by atoms with Crippen LogP contribution in [0.15, 0.2) is 15.9 Å². The van der Waals surface area contributed by atoms with Gasteiger partial charge in [-0.3, -0.25) is 0 Å². The molecular formula is C9H12Br2S. The molecule has 1 aromatic rings. The molecule has 0 atom stereocenters. The smallest absolute Gasteiger partial charge is 0.0701 e. The van der Waals surface area contributed by atoms with Crippen molar-refractivity contribution in [2.45, 2.75) is 25.7 Å². The normalized spacial score (nSPS) is 12.0. The van der Waals surface area contributed by atoms with Gasteiger partial charge in [0.1, 0.15) is 0 Å². The van der Waals surface area contributed by atoms with Gasteiger partial charge in [0.15, 0.2) is 0 Å². The summed E-state index contributed by atoms with van der Waals surface area (Å²) in [6.45, 7) is 4.57. The molecule has 0 saturated carbocycles. The van der Waals surface area contributed by atoms with Crippen LogP contribution in [-0.4, -0.2) is 5.33 Å². The van der Waals surface area contributed by atoms with Crippen LogP contribution in [0.5, 0.6) is 0 Å². The van der Waals surface area contributed by atoms with Crippen molar-refractivity contribution < 1.29 is 0 Å². The molecule has 0 radical (unpaired) electrons. The molecule has 0 bridgehead atoms. The van der Waals surface area contributed by atoms with Crippen molar-refractivity contribution >= 4 is 43.2 Å². The molecule has 0 saturated heterocycles. The number of hydrogen-bond donors (Lipinski definition) is 0. The first-order chi connectivity index (χ1) is 5.56. The highest BCUT2D eigenvalue weighted by Crippen LogP contribution is 2.35. The second kappa shape index (κ2) is 4.25. The van der Waals surface area contributed by atoms with Crippen LogP contribution in [0.25, 0.3) is 0 Å². The third kappa shape index (κ3) is 2.57. The van der Waals surface area contributed by atoms with E-state index in [0.717, 1.165) is 5.33 Å². The van der Waals surface area contributed by atoms with Gasteiger partial charge in [-0.05, 0) is 39.9 Å². The minimum atomic E-state index is 0.306. The molecule has 0 aliphatic rings. The zero-order chi connectivity index (χ0) is 9.19. The predicted molar refractivity (Wildman–Crippen MR) is 63.5 cm³/mol. The molecule has 0 amide bonds. The lowest BCUT2D eigenvalue weighted by Crippen LogP contribution is -2.15. The Labute approximate surface area is 94.6 Å². The SMILES string of the molecule is CC(C)(CCBr)c1ccc(Br)s1. The lowest BCUT2D eigenvalue weighted by atomic mass is 9.89. The van der Waals surface area contributed by atoms with E-state index in [2.05, 4.69) is 57.8 Å². The Morgan fingerprint density at radius 3 is 2.50 bits per heavy atom. The summed E-state index contributed by atoms with van der Waals surface area (Å²) in [5.41, 5.74) is 0.306. The zero-order valence-corrected chi connectivity index (χ0v) is 11.2. The minimum Gasteiger partial charge on any atom is -0.133 e. The van der Waals surface area contributed by atoms with Gasteiger partial charge in [0.2, 0.25) is 0 Å². The summed E-state index contributed by atoms with van der Waals surface area (Å²) in [7, 11) is 0. The molecular weight excluding hydrogens is 300 g/mol. The van der Waals surface area contributed by atoms with Gasteiger partial charge < -0.3 is 0 Å². The molecule has 12 heavy (non-hydrogen) atoms. The van der Waals surface area contributed by atoms with E-state index < -0.39 is 0 Å². The Bertz CT molecular complexity index is 253. The van der Waals surface area contributed by atoms with Crippen LogP contribution in [0.4, 0.5) is 0 Å². The van der Waals surface area contributed by atoms with E-state index >= 15 is 0 Å². The number of alkyl halides is 1. The predicted octanol–water partition coefficient (Wildman–Crippen LogP) is 4.57. The quantitative estimate of drug-likeness (QED) is 0.717. The molecule has 0 unspecified atom stereocenters. The van der Waals surface area contributed by atoms with Crippen LogP contribution < -0.4 is 0 Å². The fraction of sp³-hybridized carbons (Fsp3) is 0.556. The van der Waals surface area contributed by atoms with Crippen molar-refractivity contribution in [3.8, 4) is 0 Å². The maximum Gasteiger partial charge on any atom is 0.0701 e. The minimum absolute atomic E-state index is 0.306. The van der Waals surface area contributed by atoms with Gasteiger partial charge in [-0.15, -0.1) is 11.3 Å². The topological polar surface area (TPSA) is 0 Å². The van der Waals surface area contributed by atoms with Crippen molar-refractivity contribution in [3.63, 3.8) is 0 Å². The summed E-state index contributed by atoms with van der Waals surface area (Å²) in [5, 5.41) is 1.06. The van der Waals surface area contributed by atoms with Crippen LogP contribution >= 0.6 is 43.2 Å². The van der Waals surface area contributed by atoms with E-state index in [4.69, 9.17) is 0 Å². The molecule has 0 N–H and O–H groups in total. The van der Waals surface area contributed by atoms with Gasteiger partial charge in [-0.2, -0.15) is 0 Å². The Morgan fingerprint density at radius 1 is 1.42 bits per heavy atom. The van der Waals surface area contributed by atoms with E-state index in [-0.39, 0.29) is 0 Å². The summed E-state index contributed by atoms with van der Waals surface area (Å²) >= 11 is 8.80. The lowest BCUT2D eigenvalue weighted by Gasteiger charge is -2.21. The van der Waals surface area contributed by atoms with E-state index in [0.29, 0.717) is 5.41 Å². The Morgan fingerprint density at radius 2 is 2.08 bits per heavy atom. The highest BCUT2D eigenvalue weighted by Gasteiger charge is 2.21. The number of thiophene rings is 1. The molecule has 1 heterocycles. The average molecular weight is 312 g/mol. The van der Waals surface area contributed by atoms with Gasteiger partial charge in [0, 0.05) is 10.2 Å². The maximum absolute atomic E-state index is 3.48. The highest BCUT2D eigenvalue weighted by atomic mass is 79.9. The molecule has 0 aliphatic carbocycles. The third-order valence-electron chi connectivity index (χ3n) is 1.96. The Kier molecular flexibility index (Phi) is 3.80. The first kappa shape index (κ1) is 10.7. The second-order valence-electron chi connectivity index (χ2n) is 3.43. The van der Waals surface area contributed by atoms with E-state index in [1.807, 2.05) is 11.3 Å². The van der Waals surface area contributed by atoms with Crippen LogP contribution in [0.1, 0.15) is 25.1 Å². The van der Waals surface area contributed by atoms with E-state index in [1.165, 1.54) is 15.1 Å². The highest BCUT2D eigenvalue weighted by molar-refractivity contribution is 9.11. The standard InChI is InChI=1S/C9H12Br2S/c1-9(2,5-6-10)7-3-4-8(11)12-7/h3-4H,5-6H2,1-2H3. The maximum atomic E-state index is 3.48. The molecule has 0 fully saturated rings. The van der Waals surface area contributed by atoms with Gasteiger partial charge in [0.05, 0.1) is 3.79 Å². The Balaban J connectivity index is 2.81. The van der Waals surface area contributed by atoms with Crippen molar-refractivity contribution in [2.24, 2.45) is 0 Å². The molecule has 1 rings (SSSR count). The van der Waals surface area contributed by atoms with E-state index in [9.17, 15) is 0 Å². The monoisotopic (exact) mass is 310 g/mol. The van der Waals surface area contributed by atoms with Crippen molar-refractivity contribution in [1.82, 2.24) is 0 Å². The molecule has 0 nitrogen and oxygen atoms in total. The Hall–Kier alpha value is 0.660. The van der Waals surface area contributed by atoms with Gasteiger partial charge >= 0.3 is 0 Å². The summed E-state index contributed by atoms with van der Waals surface area (Å²) in [6, 6.07) is 4.33. The van der Waals surface area contributed by atoms with Crippen molar-refractivity contribution in [3.05, 3.63) is 20.8 Å². The fourth-order valence-corrected chi connectivity index (χ4v) is 3.54. The zero-order valence-electron chi connectivity index (χ0n) is 7.23. The molecule has 0 aliphatic heterocycles. The fourth-order valence-electron chi connectivity index (χ4n) is 1.04. The summed E-state index contributed by atoms with van der Waals surface area (Å²) < 4.78 is 1.22. The summed E-state index contributed by atoms with van der Waals surface area (Å²) in [4.78, 5) is 1.45. The van der Waals surface area contributed by atoms with Gasteiger partial charge in [-0.25, -0.2) is 0 Å². The number of halogens is 2. The number of rotatable bonds is 3. The van der Waals surface area contributed by atoms with Crippen molar-refractivity contribution in [2.75, 3.05) is 5.33 Å². The van der Waals surface area contributed by atoms with Crippen molar-refractivity contribution in [1.29, 1.82) is 0 Å². The largest absolute Gasteiger partial charge is 0.133 e. The number of hydrogen-bond acceptors (Lipinski definition) is 1. The van der Waals surface area contributed by atoms with Crippen LogP contribution in [0.2, 0.25) is 0 Å². The van der Waals surface area contributed by atoms with E-state index in [1.54, 1.807) is 0 Å². The second-order valence-corrected chi connectivity index (χ2v) is 6.68. The first-order valence-electron chi connectivity index (χ1n) is 3.88.